The van der Waals surface area contributed by atoms with E-state index >= 15 is 0 Å². The normalized spacial score (nSPS) is 10.2. The highest BCUT2D eigenvalue weighted by Gasteiger charge is 2.15. The standard InChI is InChI=1S/C20H15NO5/c22-14-7-4-8-15(11-14)26-16-9-10-17(20(24)25)18(12-16)21-19(23)13-5-2-1-3-6-13/h1-12,22H,(H,21,23)(H,24,25). The van der Waals surface area contributed by atoms with Gasteiger partial charge < -0.3 is 20.3 Å². The van der Waals surface area contributed by atoms with Crippen LogP contribution >= 0.6 is 0 Å². The molecule has 0 aliphatic rings. The molecule has 3 rings (SSSR count). The minimum atomic E-state index is -1.17. The number of benzene rings is 3. The van der Waals surface area contributed by atoms with Gasteiger partial charge in [-0.3, -0.25) is 4.79 Å². The summed E-state index contributed by atoms with van der Waals surface area (Å²) >= 11 is 0. The fourth-order valence-electron chi connectivity index (χ4n) is 2.34. The lowest BCUT2D eigenvalue weighted by Gasteiger charge is -2.12. The topological polar surface area (TPSA) is 95.9 Å². The average Bonchev–Trinajstić information content (AvgIpc) is 2.62. The van der Waals surface area contributed by atoms with Gasteiger partial charge in [0.05, 0.1) is 11.3 Å². The van der Waals surface area contributed by atoms with Crippen molar-refractivity contribution in [3.05, 3.63) is 83.9 Å². The first kappa shape index (κ1) is 17.0. The van der Waals surface area contributed by atoms with E-state index in [-0.39, 0.29) is 17.0 Å². The third-order valence-electron chi connectivity index (χ3n) is 3.56. The van der Waals surface area contributed by atoms with Crippen molar-refractivity contribution < 1.29 is 24.5 Å². The summed E-state index contributed by atoms with van der Waals surface area (Å²) in [5, 5.41) is 21.4. The van der Waals surface area contributed by atoms with Crippen molar-refractivity contribution >= 4 is 17.6 Å². The van der Waals surface area contributed by atoms with E-state index in [1.807, 2.05) is 0 Å². The fraction of sp³-hybridized carbons (Fsp3) is 0. The third kappa shape index (κ3) is 3.99. The van der Waals surface area contributed by atoms with Crippen molar-refractivity contribution in [1.29, 1.82) is 0 Å². The van der Waals surface area contributed by atoms with Gasteiger partial charge in [0.15, 0.2) is 0 Å². The molecule has 0 aromatic heterocycles. The maximum atomic E-state index is 12.3. The van der Waals surface area contributed by atoms with Gasteiger partial charge in [0.2, 0.25) is 0 Å². The molecule has 0 spiro atoms. The van der Waals surface area contributed by atoms with Crippen molar-refractivity contribution in [1.82, 2.24) is 0 Å². The summed E-state index contributed by atoms with van der Waals surface area (Å²) < 4.78 is 5.62. The van der Waals surface area contributed by atoms with Gasteiger partial charge in [0.1, 0.15) is 17.2 Å². The number of carboxylic acids is 1. The monoisotopic (exact) mass is 349 g/mol. The highest BCUT2D eigenvalue weighted by atomic mass is 16.5. The largest absolute Gasteiger partial charge is 0.508 e. The second-order valence-electron chi connectivity index (χ2n) is 5.43. The molecule has 26 heavy (non-hydrogen) atoms. The number of phenolic OH excluding ortho intramolecular Hbond substituents is 1. The molecule has 0 fully saturated rings. The van der Waals surface area contributed by atoms with E-state index in [0.717, 1.165) is 0 Å². The fourth-order valence-corrected chi connectivity index (χ4v) is 2.34. The SMILES string of the molecule is O=C(Nc1cc(Oc2cccc(O)c2)ccc1C(=O)O)c1ccccc1. The van der Waals surface area contributed by atoms with Crippen molar-refractivity contribution in [3.63, 3.8) is 0 Å². The van der Waals surface area contributed by atoms with Crippen LogP contribution in [0.5, 0.6) is 17.2 Å². The van der Waals surface area contributed by atoms with Crippen LogP contribution in [0.1, 0.15) is 20.7 Å². The molecule has 3 N–H and O–H groups in total. The van der Waals surface area contributed by atoms with Crippen LogP contribution in [0.25, 0.3) is 0 Å². The van der Waals surface area contributed by atoms with Crippen LogP contribution < -0.4 is 10.1 Å². The summed E-state index contributed by atoms with van der Waals surface area (Å²) in [5.74, 6) is -0.848. The summed E-state index contributed by atoms with van der Waals surface area (Å²) in [6.07, 6.45) is 0. The molecule has 0 atom stereocenters. The third-order valence-corrected chi connectivity index (χ3v) is 3.56. The molecule has 3 aromatic rings. The molecule has 1 amide bonds. The van der Waals surface area contributed by atoms with E-state index in [1.54, 1.807) is 42.5 Å². The lowest BCUT2D eigenvalue weighted by Crippen LogP contribution is -2.14. The van der Waals surface area contributed by atoms with Crippen LogP contribution in [0.3, 0.4) is 0 Å². The number of carbonyl (C=O) groups excluding carboxylic acids is 1. The first-order valence-electron chi connectivity index (χ1n) is 7.73. The highest BCUT2D eigenvalue weighted by molar-refractivity contribution is 6.07. The molecule has 0 radical (unpaired) electrons. The van der Waals surface area contributed by atoms with Crippen molar-refractivity contribution in [2.45, 2.75) is 0 Å². The maximum Gasteiger partial charge on any atom is 0.337 e. The smallest absolute Gasteiger partial charge is 0.337 e. The number of hydrogen-bond acceptors (Lipinski definition) is 4. The number of aromatic hydroxyl groups is 1. The Kier molecular flexibility index (Phi) is 4.85. The molecule has 6 heteroatoms. The van der Waals surface area contributed by atoms with Crippen LogP contribution in [-0.4, -0.2) is 22.1 Å². The predicted molar refractivity (Wildman–Crippen MR) is 96.0 cm³/mol. The Morgan fingerprint density at radius 3 is 2.27 bits per heavy atom. The molecular weight excluding hydrogens is 334 g/mol. The van der Waals surface area contributed by atoms with Gasteiger partial charge in [-0.25, -0.2) is 4.79 Å². The Labute approximate surface area is 149 Å². The molecule has 130 valence electrons. The van der Waals surface area contributed by atoms with E-state index < -0.39 is 11.9 Å². The van der Waals surface area contributed by atoms with Crippen LogP contribution in [-0.2, 0) is 0 Å². The number of aromatic carboxylic acids is 1. The molecule has 6 nitrogen and oxygen atoms in total. The van der Waals surface area contributed by atoms with Gasteiger partial charge in [0, 0.05) is 17.7 Å². The Morgan fingerprint density at radius 1 is 0.846 bits per heavy atom. The Balaban J connectivity index is 1.89. The number of nitrogens with one attached hydrogen (secondary N) is 1. The minimum Gasteiger partial charge on any atom is -0.508 e. The summed E-state index contributed by atoms with van der Waals surface area (Å²) in [6.45, 7) is 0. The molecule has 0 unspecified atom stereocenters. The number of phenols is 1. The number of anilines is 1. The highest BCUT2D eigenvalue weighted by Crippen LogP contribution is 2.29. The quantitative estimate of drug-likeness (QED) is 0.643. The van der Waals surface area contributed by atoms with Gasteiger partial charge in [0.25, 0.3) is 5.91 Å². The van der Waals surface area contributed by atoms with Crippen molar-refractivity contribution in [2.24, 2.45) is 0 Å². The lowest BCUT2D eigenvalue weighted by molar-refractivity contribution is 0.0698. The summed E-state index contributed by atoms with van der Waals surface area (Å²) in [5.41, 5.74) is 0.463. The Bertz CT molecular complexity index is 953. The number of ether oxygens (including phenoxy) is 1. The van der Waals surface area contributed by atoms with Crippen LogP contribution in [0.15, 0.2) is 72.8 Å². The molecule has 0 aliphatic heterocycles. The first-order chi connectivity index (χ1) is 12.5. The average molecular weight is 349 g/mol. The molecule has 0 saturated carbocycles. The van der Waals surface area contributed by atoms with Gasteiger partial charge >= 0.3 is 5.97 Å². The first-order valence-corrected chi connectivity index (χ1v) is 7.73. The van der Waals surface area contributed by atoms with E-state index in [0.29, 0.717) is 17.1 Å². The van der Waals surface area contributed by atoms with E-state index in [4.69, 9.17) is 4.74 Å². The number of carboxylic acid groups (broad SMARTS) is 1. The van der Waals surface area contributed by atoms with Crippen LogP contribution in [0, 0.1) is 0 Å². The number of rotatable bonds is 5. The molecule has 0 aliphatic carbocycles. The molecule has 3 aromatic carbocycles. The maximum absolute atomic E-state index is 12.3. The van der Waals surface area contributed by atoms with Crippen molar-refractivity contribution in [3.8, 4) is 17.2 Å². The summed E-state index contributed by atoms with van der Waals surface area (Å²) in [7, 11) is 0. The van der Waals surface area contributed by atoms with Gasteiger partial charge in [-0.05, 0) is 36.4 Å². The second-order valence-corrected chi connectivity index (χ2v) is 5.43. The number of carbonyl (C=O) groups is 2. The van der Waals surface area contributed by atoms with E-state index in [2.05, 4.69) is 5.32 Å². The molecule has 0 heterocycles. The summed E-state index contributed by atoms with van der Waals surface area (Å²) in [6, 6.07) is 18.9. The van der Waals surface area contributed by atoms with Crippen molar-refractivity contribution in [2.75, 3.05) is 5.32 Å². The van der Waals surface area contributed by atoms with Gasteiger partial charge in [-0.15, -0.1) is 0 Å². The zero-order valence-electron chi connectivity index (χ0n) is 13.5. The van der Waals surface area contributed by atoms with Gasteiger partial charge in [-0.2, -0.15) is 0 Å². The second kappa shape index (κ2) is 7.40. The predicted octanol–water partition coefficient (Wildman–Crippen LogP) is 4.14. The molecule has 0 bridgehead atoms. The lowest BCUT2D eigenvalue weighted by atomic mass is 10.1. The number of hydrogen-bond donors (Lipinski definition) is 3. The molecule has 0 saturated heterocycles. The Hall–Kier alpha value is -3.80. The summed E-state index contributed by atoms with van der Waals surface area (Å²) in [4.78, 5) is 23.8. The van der Waals surface area contributed by atoms with Gasteiger partial charge in [-0.1, -0.05) is 24.3 Å². The Morgan fingerprint density at radius 2 is 1.58 bits per heavy atom. The van der Waals surface area contributed by atoms with E-state index in [1.165, 1.54) is 30.3 Å². The van der Waals surface area contributed by atoms with Crippen LogP contribution in [0.2, 0.25) is 0 Å². The number of amides is 1. The zero-order valence-corrected chi connectivity index (χ0v) is 13.5. The van der Waals surface area contributed by atoms with Crippen LogP contribution in [0.4, 0.5) is 5.69 Å². The van der Waals surface area contributed by atoms with E-state index in [9.17, 15) is 19.8 Å². The zero-order chi connectivity index (χ0) is 18.5. The molecular formula is C20H15NO5. The minimum absolute atomic E-state index is 0.0438.